The third kappa shape index (κ3) is 7.41. The summed E-state index contributed by atoms with van der Waals surface area (Å²) in [4.78, 5) is 35.0. The monoisotopic (exact) mass is 378 g/mol. The predicted molar refractivity (Wildman–Crippen MR) is 102 cm³/mol. The molecule has 1 heterocycles. The molecule has 0 bridgehead atoms. The first kappa shape index (κ1) is 22.7. The third-order valence-corrected chi connectivity index (χ3v) is 4.62. The molecule has 0 aromatic heterocycles. The van der Waals surface area contributed by atoms with E-state index in [0.29, 0.717) is 12.8 Å². The molecule has 1 saturated heterocycles. The van der Waals surface area contributed by atoms with Gasteiger partial charge in [0.1, 0.15) is 17.4 Å². The summed E-state index contributed by atoms with van der Waals surface area (Å²) in [5.41, 5.74) is 0.0340. The Labute approximate surface area is 160 Å². The van der Waals surface area contributed by atoms with E-state index in [0.717, 1.165) is 6.42 Å². The van der Waals surface area contributed by atoms with Crippen LogP contribution in [0.25, 0.3) is 0 Å². The van der Waals surface area contributed by atoms with E-state index in [4.69, 9.17) is 4.74 Å². The standard InChI is InChI=1S/C21H30O6/c1-5-13(2)11-16(20(24)25)8-6-7-14(3)9-10-17(22)19-18(23)12-15(4)27-21(19)26/h6,8,11,13-15,22H,5,7,9-10,12H2,1-4H3,(H,24,25). The van der Waals surface area contributed by atoms with Gasteiger partial charge in [-0.3, -0.25) is 4.79 Å². The van der Waals surface area contributed by atoms with Crippen molar-refractivity contribution in [3.8, 4) is 0 Å². The quantitative estimate of drug-likeness (QED) is 0.206. The maximum absolute atomic E-state index is 11.9. The summed E-state index contributed by atoms with van der Waals surface area (Å²) in [5, 5.41) is 19.4. The highest BCUT2D eigenvalue weighted by Gasteiger charge is 2.32. The Morgan fingerprint density at radius 3 is 2.52 bits per heavy atom. The van der Waals surface area contributed by atoms with E-state index in [9.17, 15) is 24.6 Å². The summed E-state index contributed by atoms with van der Waals surface area (Å²) in [6, 6.07) is 0. The fourth-order valence-electron chi connectivity index (χ4n) is 2.71. The van der Waals surface area contributed by atoms with E-state index in [1.54, 1.807) is 25.2 Å². The summed E-state index contributed by atoms with van der Waals surface area (Å²) < 4.78 is 5.00. The Bertz CT molecular complexity index is 636. The molecule has 1 fully saturated rings. The van der Waals surface area contributed by atoms with Crippen LogP contribution < -0.4 is 0 Å². The number of cyclic esters (lactones) is 1. The number of Topliss-reactive ketones (excluding diaryl/α,β-unsaturated/α-hetero) is 1. The van der Waals surface area contributed by atoms with Gasteiger partial charge in [0.25, 0.3) is 0 Å². The lowest BCUT2D eigenvalue weighted by molar-refractivity contribution is -0.150. The second-order valence-corrected chi connectivity index (χ2v) is 7.26. The summed E-state index contributed by atoms with van der Waals surface area (Å²) in [6.07, 6.45) is 7.04. The number of hydrogen-bond acceptors (Lipinski definition) is 5. The summed E-state index contributed by atoms with van der Waals surface area (Å²) in [7, 11) is 0. The van der Waals surface area contributed by atoms with E-state index in [1.807, 2.05) is 20.8 Å². The SMILES string of the molecule is CCC(C)C=C(C=CCC(C)CCC(O)=C1C(=O)CC(C)OC1=O)C(=O)O. The number of carbonyl (C=O) groups excluding carboxylic acids is 2. The van der Waals surface area contributed by atoms with Crippen LogP contribution in [0.1, 0.15) is 59.8 Å². The molecule has 27 heavy (non-hydrogen) atoms. The molecule has 1 aliphatic rings. The minimum absolute atomic E-state index is 0.0872. The fourth-order valence-corrected chi connectivity index (χ4v) is 2.71. The smallest absolute Gasteiger partial charge is 0.345 e. The molecule has 0 spiro atoms. The number of carboxylic acid groups (broad SMARTS) is 1. The number of allylic oxidation sites excluding steroid dienone is 3. The lowest BCUT2D eigenvalue weighted by Crippen LogP contribution is -2.31. The number of hydrogen-bond donors (Lipinski definition) is 2. The first-order valence-corrected chi connectivity index (χ1v) is 9.43. The van der Waals surface area contributed by atoms with Gasteiger partial charge in [-0.2, -0.15) is 0 Å². The van der Waals surface area contributed by atoms with Gasteiger partial charge in [-0.05, 0) is 31.6 Å². The molecule has 0 aromatic rings. The van der Waals surface area contributed by atoms with Crippen LogP contribution in [0, 0.1) is 11.8 Å². The summed E-state index contributed by atoms with van der Waals surface area (Å²) >= 11 is 0. The van der Waals surface area contributed by atoms with Gasteiger partial charge < -0.3 is 14.9 Å². The zero-order valence-electron chi connectivity index (χ0n) is 16.5. The zero-order chi connectivity index (χ0) is 20.6. The predicted octanol–water partition coefficient (Wildman–Crippen LogP) is 4.12. The van der Waals surface area contributed by atoms with E-state index in [-0.39, 0.29) is 47.4 Å². The molecule has 3 unspecified atom stereocenters. The molecule has 150 valence electrons. The third-order valence-electron chi connectivity index (χ3n) is 4.62. The first-order valence-electron chi connectivity index (χ1n) is 9.43. The Morgan fingerprint density at radius 2 is 1.96 bits per heavy atom. The average molecular weight is 378 g/mol. The highest BCUT2D eigenvalue weighted by Crippen LogP contribution is 2.23. The molecule has 6 nitrogen and oxygen atoms in total. The first-order chi connectivity index (χ1) is 12.6. The van der Waals surface area contributed by atoms with Gasteiger partial charge in [-0.15, -0.1) is 0 Å². The van der Waals surface area contributed by atoms with Crippen LogP contribution in [-0.2, 0) is 19.1 Å². The highest BCUT2D eigenvalue weighted by atomic mass is 16.5. The Hall–Kier alpha value is -2.37. The zero-order valence-corrected chi connectivity index (χ0v) is 16.5. The van der Waals surface area contributed by atoms with Crippen molar-refractivity contribution in [1.29, 1.82) is 0 Å². The van der Waals surface area contributed by atoms with E-state index >= 15 is 0 Å². The average Bonchev–Trinajstić information content (AvgIpc) is 2.57. The second-order valence-electron chi connectivity index (χ2n) is 7.26. The van der Waals surface area contributed by atoms with E-state index in [2.05, 4.69) is 0 Å². The van der Waals surface area contributed by atoms with Crippen molar-refractivity contribution in [3.05, 3.63) is 35.1 Å². The number of aliphatic hydroxyl groups excluding tert-OH is 1. The van der Waals surface area contributed by atoms with Crippen LogP contribution >= 0.6 is 0 Å². The molecule has 0 aromatic carbocycles. The molecule has 0 amide bonds. The van der Waals surface area contributed by atoms with Crippen LogP contribution in [-0.4, -0.2) is 34.0 Å². The maximum Gasteiger partial charge on any atom is 0.345 e. The lowest BCUT2D eigenvalue weighted by Gasteiger charge is -2.20. The second kappa shape index (κ2) is 10.7. The van der Waals surface area contributed by atoms with Crippen molar-refractivity contribution in [2.45, 2.75) is 65.9 Å². The van der Waals surface area contributed by atoms with Gasteiger partial charge in [0.05, 0.1) is 5.57 Å². The maximum atomic E-state index is 11.9. The number of rotatable bonds is 9. The van der Waals surface area contributed by atoms with Gasteiger partial charge in [0.2, 0.25) is 0 Å². The van der Waals surface area contributed by atoms with Crippen LogP contribution in [0.3, 0.4) is 0 Å². The number of ether oxygens (including phenoxy) is 1. The topological polar surface area (TPSA) is 101 Å². The highest BCUT2D eigenvalue weighted by molar-refractivity contribution is 6.19. The van der Waals surface area contributed by atoms with Crippen LogP contribution in [0.5, 0.6) is 0 Å². The molecular weight excluding hydrogens is 348 g/mol. The molecule has 2 N–H and O–H groups in total. The Morgan fingerprint density at radius 1 is 1.30 bits per heavy atom. The summed E-state index contributed by atoms with van der Waals surface area (Å²) in [6.45, 7) is 7.57. The van der Waals surface area contributed by atoms with Crippen molar-refractivity contribution in [1.82, 2.24) is 0 Å². The van der Waals surface area contributed by atoms with Crippen LogP contribution in [0.15, 0.2) is 35.1 Å². The number of carboxylic acids is 1. The molecule has 1 rings (SSSR count). The van der Waals surface area contributed by atoms with Crippen LogP contribution in [0.2, 0.25) is 0 Å². The molecule has 6 heteroatoms. The van der Waals surface area contributed by atoms with Crippen molar-refractivity contribution < 1.29 is 29.3 Å². The molecule has 0 aliphatic carbocycles. The minimum Gasteiger partial charge on any atom is -0.511 e. The molecule has 1 aliphatic heterocycles. The minimum atomic E-state index is -0.954. The van der Waals surface area contributed by atoms with Gasteiger partial charge in [-0.25, -0.2) is 9.59 Å². The van der Waals surface area contributed by atoms with Gasteiger partial charge in [-0.1, -0.05) is 45.4 Å². The number of ketones is 1. The molecular formula is C21H30O6. The summed E-state index contributed by atoms with van der Waals surface area (Å²) in [5.74, 6) is -1.98. The Balaban J connectivity index is 2.62. The van der Waals surface area contributed by atoms with Crippen LogP contribution in [0.4, 0.5) is 0 Å². The van der Waals surface area contributed by atoms with Crippen molar-refractivity contribution in [3.63, 3.8) is 0 Å². The van der Waals surface area contributed by atoms with Gasteiger partial charge >= 0.3 is 11.9 Å². The van der Waals surface area contributed by atoms with Gasteiger partial charge in [0, 0.05) is 12.8 Å². The van der Waals surface area contributed by atoms with Crippen molar-refractivity contribution >= 4 is 17.7 Å². The number of aliphatic hydroxyl groups is 1. The Kier molecular flexibility index (Phi) is 8.98. The number of aliphatic carboxylic acids is 1. The van der Waals surface area contributed by atoms with Gasteiger partial charge in [0.15, 0.2) is 5.78 Å². The van der Waals surface area contributed by atoms with Crippen molar-refractivity contribution in [2.24, 2.45) is 11.8 Å². The lowest BCUT2D eigenvalue weighted by atomic mass is 9.96. The number of carbonyl (C=O) groups is 3. The molecule has 0 saturated carbocycles. The van der Waals surface area contributed by atoms with E-state index in [1.165, 1.54) is 0 Å². The fraction of sp³-hybridized carbons (Fsp3) is 0.571. The normalized spacial score (nSPS) is 22.5. The molecule has 3 atom stereocenters. The molecule has 0 radical (unpaired) electrons. The number of esters is 1. The van der Waals surface area contributed by atoms with E-state index < -0.39 is 18.0 Å². The largest absolute Gasteiger partial charge is 0.511 e. The van der Waals surface area contributed by atoms with Crippen molar-refractivity contribution in [2.75, 3.05) is 0 Å².